The van der Waals surface area contributed by atoms with Gasteiger partial charge in [0.05, 0.1) is 19.6 Å². The van der Waals surface area contributed by atoms with E-state index in [0.29, 0.717) is 13.0 Å². The number of hydrogen-bond donors (Lipinski definition) is 1. The maximum absolute atomic E-state index is 12.0. The molecule has 0 aliphatic carbocycles. The molecule has 0 aliphatic rings. The summed E-state index contributed by atoms with van der Waals surface area (Å²) in [6.45, 7) is 2.11. The van der Waals surface area contributed by atoms with Gasteiger partial charge in [-0.1, -0.05) is 54.6 Å². The Morgan fingerprint density at radius 3 is 2.26 bits per heavy atom. The van der Waals surface area contributed by atoms with Crippen LogP contribution in [0.4, 0.5) is 0 Å². The molecule has 0 aromatic heterocycles. The number of benzene rings is 2. The van der Waals surface area contributed by atoms with Crippen LogP contribution in [0.2, 0.25) is 0 Å². The smallest absolute Gasteiger partial charge is 0.330 e. The fraction of sp³-hybridized carbons (Fsp3) is 0.227. The molecular weight excluding hydrogens is 342 g/mol. The summed E-state index contributed by atoms with van der Waals surface area (Å²) in [5.41, 5.74) is 2.60. The quantitative estimate of drug-likeness (QED) is 0.548. The van der Waals surface area contributed by atoms with Crippen molar-refractivity contribution in [3.63, 3.8) is 0 Å². The van der Waals surface area contributed by atoms with Crippen LogP contribution >= 0.6 is 0 Å². The normalized spacial score (nSPS) is 10.6. The number of amides is 1. The average Bonchev–Trinajstić information content (AvgIpc) is 2.67. The molecule has 5 nitrogen and oxygen atoms in total. The summed E-state index contributed by atoms with van der Waals surface area (Å²) < 4.78 is 4.82. The van der Waals surface area contributed by atoms with Gasteiger partial charge in [-0.05, 0) is 29.7 Å². The Morgan fingerprint density at radius 1 is 0.926 bits per heavy atom. The van der Waals surface area contributed by atoms with Crippen LogP contribution in [0.1, 0.15) is 23.6 Å². The summed E-state index contributed by atoms with van der Waals surface area (Å²) in [7, 11) is 0. The molecule has 2 aromatic carbocycles. The second kappa shape index (κ2) is 10.7. The molecule has 2 aromatic rings. The minimum atomic E-state index is -0.388. The molecule has 140 valence electrons. The number of esters is 1. The van der Waals surface area contributed by atoms with Gasteiger partial charge in [0.25, 0.3) is 0 Å². The molecule has 0 atom stereocenters. The zero-order chi connectivity index (χ0) is 19.5. The van der Waals surface area contributed by atoms with E-state index in [4.69, 9.17) is 4.74 Å². The van der Waals surface area contributed by atoms with Gasteiger partial charge in [0, 0.05) is 12.5 Å². The highest BCUT2D eigenvalue weighted by Crippen LogP contribution is 2.07. The molecule has 5 heteroatoms. The number of rotatable bonds is 9. The maximum Gasteiger partial charge on any atom is 0.330 e. The summed E-state index contributed by atoms with van der Waals surface area (Å²) in [5.74, 6) is -0.624. The highest BCUT2D eigenvalue weighted by Gasteiger charge is 2.07. The van der Waals surface area contributed by atoms with Gasteiger partial charge in [0.1, 0.15) is 0 Å². The highest BCUT2D eigenvalue weighted by molar-refractivity contribution is 5.88. The Hall–Kier alpha value is -3.21. The van der Waals surface area contributed by atoms with Crippen molar-refractivity contribution >= 4 is 23.7 Å². The van der Waals surface area contributed by atoms with Crippen LogP contribution in [0.5, 0.6) is 0 Å². The molecule has 0 spiro atoms. The highest BCUT2D eigenvalue weighted by atomic mass is 16.5. The molecule has 0 fully saturated rings. The van der Waals surface area contributed by atoms with E-state index in [2.05, 4.69) is 5.32 Å². The summed E-state index contributed by atoms with van der Waals surface area (Å²) in [6, 6.07) is 16.7. The molecule has 0 saturated carbocycles. The minimum Gasteiger partial charge on any atom is -0.463 e. The lowest BCUT2D eigenvalue weighted by Crippen LogP contribution is -2.31. The van der Waals surface area contributed by atoms with E-state index in [9.17, 15) is 14.4 Å². The number of nitrogens with one attached hydrogen (secondary N) is 1. The second-order valence-corrected chi connectivity index (χ2v) is 5.98. The predicted molar refractivity (Wildman–Crippen MR) is 104 cm³/mol. The summed E-state index contributed by atoms with van der Waals surface area (Å²) in [5, 5.41) is 2.66. The van der Waals surface area contributed by atoms with Crippen LogP contribution < -0.4 is 5.32 Å². The van der Waals surface area contributed by atoms with Crippen molar-refractivity contribution < 1.29 is 19.1 Å². The van der Waals surface area contributed by atoms with Crippen molar-refractivity contribution in [2.24, 2.45) is 0 Å². The number of Topliss-reactive ketones (excluding diaryl/α,β-unsaturated/α-hetero) is 1. The first kappa shape index (κ1) is 20.1. The van der Waals surface area contributed by atoms with Crippen molar-refractivity contribution in [3.05, 3.63) is 77.4 Å². The Bertz CT molecular complexity index is 795. The van der Waals surface area contributed by atoms with Crippen LogP contribution in [0.15, 0.2) is 60.7 Å². The largest absolute Gasteiger partial charge is 0.463 e. The zero-order valence-electron chi connectivity index (χ0n) is 15.3. The standard InChI is InChI=1S/C22H23NO4/c1-2-27-22(26)13-12-17-8-10-19(11-9-17)15-21(25)23-16-20(24)14-18-6-4-3-5-7-18/h3-13H,2,14-16H2,1H3,(H,23,25). The Kier molecular flexibility index (Phi) is 7.97. The molecule has 0 aliphatic heterocycles. The summed E-state index contributed by atoms with van der Waals surface area (Å²) in [4.78, 5) is 35.2. The van der Waals surface area contributed by atoms with E-state index >= 15 is 0 Å². The number of ketones is 1. The van der Waals surface area contributed by atoms with Crippen molar-refractivity contribution in [1.29, 1.82) is 0 Å². The fourth-order valence-electron chi connectivity index (χ4n) is 2.43. The molecular formula is C22H23NO4. The summed E-state index contributed by atoms with van der Waals surface area (Å²) >= 11 is 0. The second-order valence-electron chi connectivity index (χ2n) is 5.98. The topological polar surface area (TPSA) is 72.5 Å². The lowest BCUT2D eigenvalue weighted by Gasteiger charge is -2.06. The average molecular weight is 365 g/mol. The lowest BCUT2D eigenvalue weighted by molar-refractivity contribution is -0.137. The first-order valence-electron chi connectivity index (χ1n) is 8.83. The number of carbonyl (C=O) groups excluding carboxylic acids is 3. The van der Waals surface area contributed by atoms with E-state index in [1.165, 1.54) is 6.08 Å². The van der Waals surface area contributed by atoms with Gasteiger partial charge < -0.3 is 10.1 Å². The molecule has 1 N–H and O–H groups in total. The fourth-order valence-corrected chi connectivity index (χ4v) is 2.43. The molecule has 1 amide bonds. The van der Waals surface area contributed by atoms with Crippen molar-refractivity contribution in [2.45, 2.75) is 19.8 Å². The number of ether oxygens (including phenoxy) is 1. The van der Waals surface area contributed by atoms with Crippen molar-refractivity contribution in [2.75, 3.05) is 13.2 Å². The number of hydrogen-bond acceptors (Lipinski definition) is 4. The van der Waals surface area contributed by atoms with Crippen LogP contribution in [-0.2, 0) is 32.0 Å². The molecule has 0 bridgehead atoms. The minimum absolute atomic E-state index is 0.0219. The number of carbonyl (C=O) groups is 3. The SMILES string of the molecule is CCOC(=O)C=Cc1ccc(CC(=O)NCC(=O)Cc2ccccc2)cc1. The lowest BCUT2D eigenvalue weighted by atomic mass is 10.1. The van der Waals surface area contributed by atoms with Gasteiger partial charge in [-0.2, -0.15) is 0 Å². The van der Waals surface area contributed by atoms with E-state index < -0.39 is 0 Å². The molecule has 0 unspecified atom stereocenters. The Balaban J connectivity index is 1.76. The van der Waals surface area contributed by atoms with Crippen LogP contribution in [0.3, 0.4) is 0 Å². The first-order chi connectivity index (χ1) is 13.1. The third kappa shape index (κ3) is 7.69. The first-order valence-corrected chi connectivity index (χ1v) is 8.83. The van der Waals surface area contributed by atoms with Crippen molar-refractivity contribution in [3.8, 4) is 0 Å². The van der Waals surface area contributed by atoms with Gasteiger partial charge in [0.2, 0.25) is 5.91 Å². The molecule has 0 heterocycles. The third-order valence-electron chi connectivity index (χ3n) is 3.77. The van der Waals surface area contributed by atoms with E-state index in [1.807, 2.05) is 54.6 Å². The maximum atomic E-state index is 12.0. The summed E-state index contributed by atoms with van der Waals surface area (Å²) in [6.07, 6.45) is 3.52. The van der Waals surface area contributed by atoms with Gasteiger partial charge >= 0.3 is 5.97 Å². The van der Waals surface area contributed by atoms with E-state index in [-0.39, 0.29) is 30.6 Å². The van der Waals surface area contributed by atoms with E-state index in [0.717, 1.165) is 16.7 Å². The Morgan fingerprint density at radius 2 is 1.59 bits per heavy atom. The van der Waals surface area contributed by atoms with E-state index in [1.54, 1.807) is 13.0 Å². The molecule has 0 saturated heterocycles. The van der Waals surface area contributed by atoms with Crippen LogP contribution in [0.25, 0.3) is 6.08 Å². The van der Waals surface area contributed by atoms with Gasteiger partial charge in [-0.15, -0.1) is 0 Å². The van der Waals surface area contributed by atoms with Gasteiger partial charge in [-0.3, -0.25) is 9.59 Å². The molecule has 2 rings (SSSR count). The molecule has 0 radical (unpaired) electrons. The van der Waals surface area contributed by atoms with Crippen molar-refractivity contribution in [1.82, 2.24) is 5.32 Å². The predicted octanol–water partition coefficient (Wildman–Crippen LogP) is 2.73. The Labute approximate surface area is 159 Å². The van der Waals surface area contributed by atoms with Gasteiger partial charge in [-0.25, -0.2) is 4.79 Å². The third-order valence-corrected chi connectivity index (χ3v) is 3.77. The van der Waals surface area contributed by atoms with Gasteiger partial charge in [0.15, 0.2) is 5.78 Å². The monoisotopic (exact) mass is 365 g/mol. The van der Waals surface area contributed by atoms with Crippen LogP contribution in [0, 0.1) is 0 Å². The molecule has 27 heavy (non-hydrogen) atoms. The van der Waals surface area contributed by atoms with Crippen LogP contribution in [-0.4, -0.2) is 30.8 Å². The zero-order valence-corrected chi connectivity index (χ0v) is 15.3.